The molecule has 1 rings (SSSR count). The number of nitrogens with zero attached hydrogens (tertiary/aromatic N) is 1. The number of pyridine rings is 1. The molecule has 3 N–H and O–H groups in total. The lowest BCUT2D eigenvalue weighted by Crippen LogP contribution is -1.98. The highest BCUT2D eigenvalue weighted by atomic mass is 16.3. The van der Waals surface area contributed by atoms with Crippen molar-refractivity contribution in [1.82, 2.24) is 4.98 Å². The molecule has 0 saturated heterocycles. The minimum Gasteiger partial charge on any atom is -0.506 e. The fourth-order valence-electron chi connectivity index (χ4n) is 0.906. The predicted molar refractivity (Wildman–Crippen MR) is 42.5 cm³/mol. The summed E-state index contributed by atoms with van der Waals surface area (Å²) in [6.45, 7) is -2.21. The van der Waals surface area contributed by atoms with Crippen LogP contribution in [0.15, 0.2) is 6.20 Å². The van der Waals surface area contributed by atoms with Crippen molar-refractivity contribution < 1.29 is 18.1 Å². The maximum atomic E-state index is 9.50. The van der Waals surface area contributed by atoms with Crippen LogP contribution in [-0.4, -0.2) is 20.3 Å². The summed E-state index contributed by atoms with van der Waals surface area (Å²) in [6, 6.07) is 0. The van der Waals surface area contributed by atoms with E-state index in [1.807, 2.05) is 0 Å². The van der Waals surface area contributed by atoms with Crippen LogP contribution in [0.4, 0.5) is 0 Å². The highest BCUT2D eigenvalue weighted by molar-refractivity contribution is 5.39. The van der Waals surface area contributed by atoms with E-state index in [9.17, 15) is 5.11 Å². The molecule has 4 heteroatoms. The molecule has 0 amide bonds. The van der Waals surface area contributed by atoms with Crippen LogP contribution < -0.4 is 0 Å². The summed E-state index contributed by atoms with van der Waals surface area (Å²) in [6.07, 6.45) is 1.25. The molecule has 1 heterocycles. The van der Waals surface area contributed by atoms with Gasteiger partial charge in [-0.2, -0.15) is 0 Å². The molecular weight excluding hydrogens is 158 g/mol. The minimum atomic E-state index is -1.41. The van der Waals surface area contributed by atoms with Gasteiger partial charge in [0, 0.05) is 20.1 Å². The third-order valence-corrected chi connectivity index (χ3v) is 1.60. The molecule has 0 aliphatic carbocycles. The van der Waals surface area contributed by atoms with Crippen LogP contribution in [0.5, 0.6) is 5.75 Å². The maximum Gasteiger partial charge on any atom is 0.142 e. The molecule has 1 aromatic rings. The first-order valence-electron chi connectivity index (χ1n) is 4.53. The van der Waals surface area contributed by atoms with Gasteiger partial charge in [-0.3, -0.25) is 4.98 Å². The monoisotopic (exact) mass is 171 g/mol. The molecule has 0 bridgehead atoms. The second-order valence-electron chi connectivity index (χ2n) is 2.31. The van der Waals surface area contributed by atoms with Gasteiger partial charge in [0.25, 0.3) is 0 Å². The number of aryl methyl sites for hydroxylation is 1. The topological polar surface area (TPSA) is 73.6 Å². The van der Waals surface area contributed by atoms with Gasteiger partial charge in [0.05, 0.1) is 18.9 Å². The largest absolute Gasteiger partial charge is 0.506 e. The van der Waals surface area contributed by atoms with Crippen LogP contribution in [0.1, 0.15) is 19.6 Å². The summed E-state index contributed by atoms with van der Waals surface area (Å²) >= 11 is 0. The third-order valence-electron chi connectivity index (χ3n) is 1.60. The smallest absolute Gasteiger partial charge is 0.142 e. The van der Waals surface area contributed by atoms with Crippen molar-refractivity contribution in [2.45, 2.75) is 20.1 Å². The highest BCUT2D eigenvalue weighted by Crippen LogP contribution is 2.23. The van der Waals surface area contributed by atoms with Gasteiger partial charge in [-0.1, -0.05) is 0 Å². The molecule has 0 aromatic carbocycles. The maximum absolute atomic E-state index is 9.50. The lowest BCUT2D eigenvalue weighted by molar-refractivity contribution is 0.254. The first kappa shape index (κ1) is 6.39. The normalized spacial score (nSPS) is 12.9. The van der Waals surface area contributed by atoms with Gasteiger partial charge < -0.3 is 15.3 Å². The van der Waals surface area contributed by atoms with E-state index >= 15 is 0 Å². The number of aromatic hydroxyl groups is 1. The zero-order valence-corrected chi connectivity index (χ0v) is 6.36. The van der Waals surface area contributed by atoms with E-state index in [0.29, 0.717) is 5.56 Å². The average Bonchev–Trinajstić information content (AvgIpc) is 2.16. The van der Waals surface area contributed by atoms with Gasteiger partial charge in [-0.15, -0.1) is 0 Å². The van der Waals surface area contributed by atoms with Crippen molar-refractivity contribution >= 4 is 0 Å². The Bertz CT molecular complexity index is 331. The van der Waals surface area contributed by atoms with E-state index in [2.05, 4.69) is 4.98 Å². The van der Waals surface area contributed by atoms with Gasteiger partial charge in [0.1, 0.15) is 5.75 Å². The van der Waals surface area contributed by atoms with Gasteiger partial charge in [0.2, 0.25) is 0 Å². The van der Waals surface area contributed by atoms with Crippen molar-refractivity contribution in [3.63, 3.8) is 0 Å². The number of rotatable bonds is 2. The molecule has 0 saturated carbocycles. The van der Waals surface area contributed by atoms with Crippen LogP contribution in [-0.2, 0) is 13.2 Å². The second-order valence-corrected chi connectivity index (χ2v) is 2.31. The van der Waals surface area contributed by atoms with Crippen molar-refractivity contribution in [1.29, 1.82) is 0 Å². The molecule has 0 aliphatic heterocycles. The molecule has 1 aromatic heterocycles. The molecule has 0 fully saturated rings. The van der Waals surface area contributed by atoms with E-state index in [1.54, 1.807) is 0 Å². The Morgan fingerprint density at radius 3 is 2.75 bits per heavy atom. The first-order valence-corrected chi connectivity index (χ1v) is 3.37. The number of aliphatic hydroxyl groups excluding tert-OH is 2. The summed E-state index contributed by atoms with van der Waals surface area (Å²) in [7, 11) is 0. The molecule has 0 radical (unpaired) electrons. The first-order chi connectivity index (χ1) is 6.61. The number of hydrogen-bond acceptors (Lipinski definition) is 4. The van der Waals surface area contributed by atoms with Crippen molar-refractivity contribution in [3.05, 3.63) is 23.0 Å². The number of aliphatic hydroxyl groups is 2. The zero-order chi connectivity index (χ0) is 10.7. The molecule has 0 aliphatic rings. The van der Waals surface area contributed by atoms with E-state index in [0.717, 1.165) is 0 Å². The number of aromatic nitrogens is 1. The number of hydrogen-bond donors (Lipinski definition) is 3. The van der Waals surface area contributed by atoms with Crippen LogP contribution >= 0.6 is 0 Å². The minimum absolute atomic E-state index is 0.119. The SMILES string of the molecule is [2H]C([2H])c1ncc(CO)c(CO)c1O. The lowest BCUT2D eigenvalue weighted by atomic mass is 10.1. The molecule has 66 valence electrons. The van der Waals surface area contributed by atoms with Gasteiger partial charge in [-0.25, -0.2) is 0 Å². The zero-order valence-electron chi connectivity index (χ0n) is 8.36. The summed E-state index contributed by atoms with van der Waals surface area (Å²) in [5.41, 5.74) is 0.308. The Kier molecular flexibility index (Phi) is 1.87. The van der Waals surface area contributed by atoms with E-state index in [1.165, 1.54) is 6.20 Å². The Hall–Kier alpha value is -1.13. The Morgan fingerprint density at radius 1 is 1.50 bits per heavy atom. The fourth-order valence-corrected chi connectivity index (χ4v) is 0.906. The van der Waals surface area contributed by atoms with Crippen molar-refractivity contribution in [3.8, 4) is 5.75 Å². The summed E-state index contributed by atoms with van der Waals surface area (Å²) < 4.78 is 14.1. The Balaban J connectivity index is 3.27. The van der Waals surface area contributed by atoms with E-state index in [-0.39, 0.29) is 23.6 Å². The fraction of sp³-hybridized carbons (Fsp3) is 0.375. The van der Waals surface area contributed by atoms with Crippen molar-refractivity contribution in [2.24, 2.45) is 0 Å². The molecular formula is C8H11NO3. The standard InChI is InChI=1S/C8H11NO3/c1-5-8(12)7(4-11)6(3-10)2-9-5/h2,10-12H,3-4H2,1H3/i1D2. The summed E-state index contributed by atoms with van der Waals surface area (Å²) in [4.78, 5) is 3.66. The van der Waals surface area contributed by atoms with Gasteiger partial charge >= 0.3 is 0 Å². The predicted octanol–water partition coefficient (Wildman–Crippen LogP) is 0.0802. The summed E-state index contributed by atoms with van der Waals surface area (Å²) in [5.74, 6) is -0.381. The van der Waals surface area contributed by atoms with Crippen molar-refractivity contribution in [2.75, 3.05) is 0 Å². The molecule has 0 spiro atoms. The van der Waals surface area contributed by atoms with Gasteiger partial charge in [-0.05, 0) is 6.88 Å². The third kappa shape index (κ3) is 1.39. The molecule has 0 unspecified atom stereocenters. The Morgan fingerprint density at radius 2 is 2.25 bits per heavy atom. The van der Waals surface area contributed by atoms with E-state index in [4.69, 9.17) is 13.0 Å². The lowest BCUT2D eigenvalue weighted by Gasteiger charge is -2.07. The molecule has 0 atom stereocenters. The quantitative estimate of drug-likeness (QED) is 0.589. The van der Waals surface area contributed by atoms with Gasteiger partial charge in [0.15, 0.2) is 0 Å². The Labute approximate surface area is 72.9 Å². The van der Waals surface area contributed by atoms with Crippen LogP contribution in [0.2, 0.25) is 0 Å². The summed E-state index contributed by atoms with van der Waals surface area (Å²) in [5, 5.41) is 27.3. The van der Waals surface area contributed by atoms with Crippen LogP contribution in [0.3, 0.4) is 0 Å². The highest BCUT2D eigenvalue weighted by Gasteiger charge is 2.09. The van der Waals surface area contributed by atoms with Crippen LogP contribution in [0, 0.1) is 6.88 Å². The molecule has 12 heavy (non-hydrogen) atoms. The second kappa shape index (κ2) is 3.51. The average molecular weight is 171 g/mol. The molecule has 4 nitrogen and oxygen atoms in total. The van der Waals surface area contributed by atoms with E-state index < -0.39 is 13.5 Å². The van der Waals surface area contributed by atoms with Crippen LogP contribution in [0.25, 0.3) is 0 Å².